The molecule has 6 nitrogen and oxygen atoms in total. The van der Waals surface area contributed by atoms with Gasteiger partial charge in [-0.2, -0.15) is 4.98 Å². The van der Waals surface area contributed by atoms with Crippen LogP contribution in [-0.4, -0.2) is 67.4 Å². The van der Waals surface area contributed by atoms with Crippen molar-refractivity contribution in [2.45, 2.75) is 19.8 Å². The number of morpholine rings is 1. The Kier molecular flexibility index (Phi) is 5.45. The summed E-state index contributed by atoms with van der Waals surface area (Å²) in [5.74, 6) is 2.63. The van der Waals surface area contributed by atoms with Crippen LogP contribution in [0.3, 0.4) is 0 Å². The number of anilines is 2. The van der Waals surface area contributed by atoms with Crippen LogP contribution in [0.15, 0.2) is 12.3 Å². The lowest BCUT2D eigenvalue weighted by Crippen LogP contribution is -2.39. The molecule has 22 heavy (non-hydrogen) atoms. The van der Waals surface area contributed by atoms with E-state index in [1.165, 1.54) is 12.8 Å². The summed E-state index contributed by atoms with van der Waals surface area (Å²) in [6.45, 7) is 10.2. The second kappa shape index (κ2) is 7.74. The van der Waals surface area contributed by atoms with Crippen molar-refractivity contribution in [1.82, 2.24) is 14.9 Å². The first-order valence-corrected chi connectivity index (χ1v) is 8.43. The Morgan fingerprint density at radius 2 is 2.00 bits per heavy atom. The highest BCUT2D eigenvalue weighted by molar-refractivity contribution is 5.42. The summed E-state index contributed by atoms with van der Waals surface area (Å²) in [4.78, 5) is 13.8. The van der Waals surface area contributed by atoms with Gasteiger partial charge in [0.25, 0.3) is 0 Å². The Hall–Kier alpha value is -1.40. The minimum absolute atomic E-state index is 0.740. The van der Waals surface area contributed by atoms with E-state index < -0.39 is 0 Å². The van der Waals surface area contributed by atoms with Crippen molar-refractivity contribution in [1.29, 1.82) is 0 Å². The third kappa shape index (κ3) is 4.30. The normalized spacial score (nSPS) is 21.0. The molecule has 0 bridgehead atoms. The molecule has 1 aromatic rings. The van der Waals surface area contributed by atoms with Crippen LogP contribution >= 0.6 is 0 Å². The molecule has 1 N–H and O–H groups in total. The Morgan fingerprint density at radius 3 is 2.77 bits per heavy atom. The third-order valence-corrected chi connectivity index (χ3v) is 4.56. The van der Waals surface area contributed by atoms with Crippen LogP contribution in [0, 0.1) is 5.92 Å². The molecular formula is C16H27N5O. The molecule has 0 atom stereocenters. The summed E-state index contributed by atoms with van der Waals surface area (Å²) < 4.78 is 5.36. The van der Waals surface area contributed by atoms with Crippen molar-refractivity contribution in [3.63, 3.8) is 0 Å². The minimum Gasteiger partial charge on any atom is -0.379 e. The molecule has 2 aliphatic heterocycles. The maximum atomic E-state index is 5.36. The second-order valence-electron chi connectivity index (χ2n) is 6.29. The van der Waals surface area contributed by atoms with E-state index >= 15 is 0 Å². The quantitative estimate of drug-likeness (QED) is 0.889. The van der Waals surface area contributed by atoms with Gasteiger partial charge in [-0.25, -0.2) is 4.98 Å². The number of hydrogen-bond acceptors (Lipinski definition) is 6. The van der Waals surface area contributed by atoms with Gasteiger partial charge in [0, 0.05) is 45.5 Å². The fraction of sp³-hybridized carbons (Fsp3) is 0.750. The van der Waals surface area contributed by atoms with Crippen molar-refractivity contribution in [2.75, 3.05) is 62.7 Å². The largest absolute Gasteiger partial charge is 0.379 e. The minimum atomic E-state index is 0.740. The molecule has 6 heteroatoms. The van der Waals surface area contributed by atoms with Gasteiger partial charge < -0.3 is 15.0 Å². The Balaban J connectivity index is 1.48. The summed E-state index contributed by atoms with van der Waals surface area (Å²) in [6.07, 6.45) is 4.37. The fourth-order valence-electron chi connectivity index (χ4n) is 3.00. The highest BCUT2D eigenvalue weighted by Crippen LogP contribution is 2.21. The molecular weight excluding hydrogens is 278 g/mol. The van der Waals surface area contributed by atoms with E-state index in [2.05, 4.69) is 32.0 Å². The topological polar surface area (TPSA) is 53.5 Å². The van der Waals surface area contributed by atoms with Gasteiger partial charge in [0.15, 0.2) is 0 Å². The van der Waals surface area contributed by atoms with E-state index in [-0.39, 0.29) is 0 Å². The average molecular weight is 305 g/mol. The molecule has 0 aromatic carbocycles. The SMILES string of the molecule is CC1CCN(c2ccnc(NCCN3CCOCC3)n2)CC1. The van der Waals surface area contributed by atoms with Gasteiger partial charge in [-0.05, 0) is 24.8 Å². The summed E-state index contributed by atoms with van der Waals surface area (Å²) >= 11 is 0. The summed E-state index contributed by atoms with van der Waals surface area (Å²) in [7, 11) is 0. The average Bonchev–Trinajstić information content (AvgIpc) is 2.57. The first kappa shape index (κ1) is 15.5. The van der Waals surface area contributed by atoms with Crippen molar-refractivity contribution >= 4 is 11.8 Å². The van der Waals surface area contributed by atoms with Crippen LogP contribution in [0.1, 0.15) is 19.8 Å². The smallest absolute Gasteiger partial charge is 0.224 e. The molecule has 0 radical (unpaired) electrons. The van der Waals surface area contributed by atoms with E-state index in [4.69, 9.17) is 4.74 Å². The molecule has 2 aliphatic rings. The van der Waals surface area contributed by atoms with E-state index in [9.17, 15) is 0 Å². The Morgan fingerprint density at radius 1 is 1.23 bits per heavy atom. The lowest BCUT2D eigenvalue weighted by atomic mass is 9.99. The van der Waals surface area contributed by atoms with Gasteiger partial charge in [0.05, 0.1) is 13.2 Å². The third-order valence-electron chi connectivity index (χ3n) is 4.56. The molecule has 3 heterocycles. The van der Waals surface area contributed by atoms with Gasteiger partial charge in [-0.3, -0.25) is 4.90 Å². The van der Waals surface area contributed by atoms with Crippen molar-refractivity contribution in [2.24, 2.45) is 5.92 Å². The highest BCUT2D eigenvalue weighted by Gasteiger charge is 2.17. The predicted octanol–water partition coefficient (Wildman–Crippen LogP) is 1.46. The van der Waals surface area contributed by atoms with Crippen LogP contribution in [0.25, 0.3) is 0 Å². The van der Waals surface area contributed by atoms with E-state index in [0.29, 0.717) is 0 Å². The van der Waals surface area contributed by atoms with Crippen molar-refractivity contribution in [3.05, 3.63) is 12.3 Å². The van der Waals surface area contributed by atoms with Crippen molar-refractivity contribution in [3.8, 4) is 0 Å². The maximum absolute atomic E-state index is 5.36. The summed E-state index contributed by atoms with van der Waals surface area (Å²) in [5, 5.41) is 3.35. The molecule has 0 unspecified atom stereocenters. The molecule has 0 spiro atoms. The molecule has 0 aliphatic carbocycles. The standard InChI is InChI=1S/C16H27N5O/c1-14-3-7-21(8-4-14)15-2-5-17-16(19-15)18-6-9-20-10-12-22-13-11-20/h2,5,14H,3-4,6-13H2,1H3,(H,17,18,19). The zero-order chi connectivity index (χ0) is 15.2. The zero-order valence-electron chi connectivity index (χ0n) is 13.5. The molecule has 0 saturated carbocycles. The second-order valence-corrected chi connectivity index (χ2v) is 6.29. The monoisotopic (exact) mass is 305 g/mol. The maximum Gasteiger partial charge on any atom is 0.224 e. The molecule has 1 aromatic heterocycles. The van der Waals surface area contributed by atoms with Crippen LogP contribution < -0.4 is 10.2 Å². The molecule has 122 valence electrons. The first-order chi connectivity index (χ1) is 10.8. The van der Waals surface area contributed by atoms with E-state index in [0.717, 1.165) is 70.2 Å². The van der Waals surface area contributed by atoms with Crippen molar-refractivity contribution < 1.29 is 4.74 Å². The zero-order valence-corrected chi connectivity index (χ0v) is 13.5. The predicted molar refractivity (Wildman–Crippen MR) is 88.4 cm³/mol. The lowest BCUT2D eigenvalue weighted by molar-refractivity contribution is 0.0398. The number of rotatable bonds is 5. The van der Waals surface area contributed by atoms with Crippen LogP contribution in [0.5, 0.6) is 0 Å². The molecule has 2 fully saturated rings. The molecule has 0 amide bonds. The number of piperidine rings is 1. The summed E-state index contributed by atoms with van der Waals surface area (Å²) in [5.41, 5.74) is 0. The molecule has 2 saturated heterocycles. The number of nitrogens with one attached hydrogen (secondary N) is 1. The lowest BCUT2D eigenvalue weighted by Gasteiger charge is -2.31. The summed E-state index contributed by atoms with van der Waals surface area (Å²) in [6, 6.07) is 2.02. The van der Waals surface area contributed by atoms with Gasteiger partial charge >= 0.3 is 0 Å². The first-order valence-electron chi connectivity index (χ1n) is 8.43. The van der Waals surface area contributed by atoms with Crippen LogP contribution in [0.4, 0.5) is 11.8 Å². The van der Waals surface area contributed by atoms with E-state index in [1.807, 2.05) is 12.3 Å². The Bertz CT molecular complexity index is 456. The van der Waals surface area contributed by atoms with Gasteiger partial charge in [0.1, 0.15) is 5.82 Å². The highest BCUT2D eigenvalue weighted by atomic mass is 16.5. The van der Waals surface area contributed by atoms with Gasteiger partial charge in [0.2, 0.25) is 5.95 Å². The van der Waals surface area contributed by atoms with E-state index in [1.54, 1.807) is 0 Å². The van der Waals surface area contributed by atoms with Crippen LogP contribution in [0.2, 0.25) is 0 Å². The number of nitrogens with zero attached hydrogens (tertiary/aromatic N) is 4. The van der Waals surface area contributed by atoms with Gasteiger partial charge in [-0.1, -0.05) is 6.92 Å². The Labute approximate surface area is 132 Å². The fourth-order valence-corrected chi connectivity index (χ4v) is 3.00. The number of ether oxygens (including phenoxy) is 1. The number of aromatic nitrogens is 2. The number of hydrogen-bond donors (Lipinski definition) is 1. The van der Waals surface area contributed by atoms with Gasteiger partial charge in [-0.15, -0.1) is 0 Å². The van der Waals surface area contributed by atoms with Crippen LogP contribution in [-0.2, 0) is 4.74 Å². The molecule has 3 rings (SSSR count).